The highest BCUT2D eigenvalue weighted by Gasteiger charge is 2.18. The first-order valence-electron chi connectivity index (χ1n) is 7.43. The Morgan fingerprint density at radius 3 is 2.54 bits per heavy atom. The molecular weight excluding hydrogens is 331 g/mol. The SMILES string of the molecule is CC(=O)N(CC(=O)NCc1ccccc1F)c1cccc(Cl)c1C. The number of hydrogen-bond acceptors (Lipinski definition) is 2. The van der Waals surface area contributed by atoms with Gasteiger partial charge in [0.25, 0.3) is 0 Å². The molecule has 0 aliphatic heterocycles. The normalized spacial score (nSPS) is 10.3. The molecule has 2 aromatic carbocycles. The highest BCUT2D eigenvalue weighted by atomic mass is 35.5. The van der Waals surface area contributed by atoms with Crippen molar-refractivity contribution in [3.63, 3.8) is 0 Å². The molecule has 0 bridgehead atoms. The van der Waals surface area contributed by atoms with E-state index in [4.69, 9.17) is 11.6 Å². The first kappa shape index (κ1) is 17.9. The fourth-order valence-corrected chi connectivity index (χ4v) is 2.46. The number of hydrogen-bond donors (Lipinski definition) is 1. The minimum absolute atomic E-state index is 0.0613. The molecule has 0 fully saturated rings. The van der Waals surface area contributed by atoms with Crippen molar-refractivity contribution in [3.8, 4) is 0 Å². The molecule has 0 aromatic heterocycles. The summed E-state index contributed by atoms with van der Waals surface area (Å²) in [7, 11) is 0. The number of halogens is 2. The first-order chi connectivity index (χ1) is 11.4. The quantitative estimate of drug-likeness (QED) is 0.899. The van der Waals surface area contributed by atoms with Gasteiger partial charge in [0.2, 0.25) is 11.8 Å². The summed E-state index contributed by atoms with van der Waals surface area (Å²) in [5, 5.41) is 3.14. The van der Waals surface area contributed by atoms with Crippen molar-refractivity contribution < 1.29 is 14.0 Å². The Labute approximate surface area is 145 Å². The fourth-order valence-electron chi connectivity index (χ4n) is 2.29. The van der Waals surface area contributed by atoms with E-state index in [0.29, 0.717) is 16.3 Å². The topological polar surface area (TPSA) is 49.4 Å². The summed E-state index contributed by atoms with van der Waals surface area (Å²) in [6.45, 7) is 3.06. The van der Waals surface area contributed by atoms with E-state index in [1.54, 1.807) is 43.3 Å². The van der Waals surface area contributed by atoms with Crippen LogP contribution in [0, 0.1) is 12.7 Å². The van der Waals surface area contributed by atoms with Crippen molar-refractivity contribution in [2.24, 2.45) is 0 Å². The maximum absolute atomic E-state index is 13.6. The molecule has 0 aliphatic rings. The number of nitrogens with zero attached hydrogens (tertiary/aromatic N) is 1. The van der Waals surface area contributed by atoms with Crippen LogP contribution < -0.4 is 10.2 Å². The third kappa shape index (κ3) is 4.32. The van der Waals surface area contributed by atoms with Crippen molar-refractivity contribution in [2.75, 3.05) is 11.4 Å². The molecular formula is C18H18ClFN2O2. The molecule has 4 nitrogen and oxygen atoms in total. The lowest BCUT2D eigenvalue weighted by Gasteiger charge is -2.23. The van der Waals surface area contributed by atoms with E-state index in [2.05, 4.69) is 5.32 Å². The lowest BCUT2D eigenvalue weighted by atomic mass is 10.1. The molecule has 2 amide bonds. The van der Waals surface area contributed by atoms with E-state index in [0.717, 1.165) is 5.56 Å². The largest absolute Gasteiger partial charge is 0.350 e. The van der Waals surface area contributed by atoms with Crippen LogP contribution in [-0.4, -0.2) is 18.4 Å². The fraction of sp³-hybridized carbons (Fsp3) is 0.222. The van der Waals surface area contributed by atoms with Crippen LogP contribution in [-0.2, 0) is 16.1 Å². The highest BCUT2D eigenvalue weighted by molar-refractivity contribution is 6.31. The zero-order chi connectivity index (χ0) is 17.7. The first-order valence-corrected chi connectivity index (χ1v) is 7.81. The number of carbonyl (C=O) groups excluding carboxylic acids is 2. The lowest BCUT2D eigenvalue weighted by Crippen LogP contribution is -2.40. The molecule has 0 saturated heterocycles. The van der Waals surface area contributed by atoms with Gasteiger partial charge in [-0.2, -0.15) is 0 Å². The molecule has 0 saturated carbocycles. The van der Waals surface area contributed by atoms with E-state index >= 15 is 0 Å². The standard InChI is InChI=1S/C18H18ClFN2O2/c1-12-15(19)7-5-9-17(12)22(13(2)23)11-18(24)21-10-14-6-3-4-8-16(14)20/h3-9H,10-11H2,1-2H3,(H,21,24). The van der Waals surface area contributed by atoms with Crippen molar-refractivity contribution >= 4 is 29.1 Å². The zero-order valence-electron chi connectivity index (χ0n) is 13.5. The molecule has 6 heteroatoms. The van der Waals surface area contributed by atoms with Gasteiger partial charge < -0.3 is 10.2 Å². The van der Waals surface area contributed by atoms with Crippen LogP contribution in [0.5, 0.6) is 0 Å². The average Bonchev–Trinajstić information content (AvgIpc) is 2.54. The zero-order valence-corrected chi connectivity index (χ0v) is 14.2. The monoisotopic (exact) mass is 348 g/mol. The summed E-state index contributed by atoms with van der Waals surface area (Å²) in [6, 6.07) is 11.4. The molecule has 0 heterocycles. The minimum Gasteiger partial charge on any atom is -0.350 e. The Morgan fingerprint density at radius 2 is 1.88 bits per heavy atom. The van der Waals surface area contributed by atoms with Gasteiger partial charge in [0.05, 0.1) is 0 Å². The van der Waals surface area contributed by atoms with Gasteiger partial charge >= 0.3 is 0 Å². The van der Waals surface area contributed by atoms with Gasteiger partial charge in [0, 0.05) is 29.7 Å². The van der Waals surface area contributed by atoms with Crippen molar-refractivity contribution in [2.45, 2.75) is 20.4 Å². The average molecular weight is 349 g/mol. The second-order valence-corrected chi connectivity index (χ2v) is 5.76. The summed E-state index contributed by atoms with van der Waals surface area (Å²) in [5.41, 5.74) is 1.69. The number of anilines is 1. The van der Waals surface area contributed by atoms with Gasteiger partial charge in [0.15, 0.2) is 0 Å². The van der Waals surface area contributed by atoms with E-state index < -0.39 is 0 Å². The van der Waals surface area contributed by atoms with E-state index in [9.17, 15) is 14.0 Å². The Hall–Kier alpha value is -2.40. The number of benzene rings is 2. The molecule has 1 N–H and O–H groups in total. The van der Waals surface area contributed by atoms with Gasteiger partial charge in [-0.3, -0.25) is 9.59 Å². The van der Waals surface area contributed by atoms with Gasteiger partial charge in [-0.05, 0) is 30.7 Å². The van der Waals surface area contributed by atoms with Crippen LogP contribution in [0.1, 0.15) is 18.1 Å². The predicted octanol–water partition coefficient (Wildman–Crippen LogP) is 3.46. The Kier molecular flexibility index (Phi) is 5.93. The smallest absolute Gasteiger partial charge is 0.240 e. The Morgan fingerprint density at radius 1 is 1.17 bits per heavy atom. The van der Waals surface area contributed by atoms with E-state index in [-0.39, 0.29) is 30.7 Å². The molecule has 2 aromatic rings. The van der Waals surface area contributed by atoms with Gasteiger partial charge in [-0.15, -0.1) is 0 Å². The van der Waals surface area contributed by atoms with E-state index in [1.165, 1.54) is 17.9 Å². The van der Waals surface area contributed by atoms with Crippen LogP contribution in [0.25, 0.3) is 0 Å². The van der Waals surface area contributed by atoms with Gasteiger partial charge in [0.1, 0.15) is 12.4 Å². The third-order valence-corrected chi connectivity index (χ3v) is 4.06. The summed E-state index contributed by atoms with van der Waals surface area (Å²) in [6.07, 6.45) is 0. The van der Waals surface area contributed by atoms with Crippen molar-refractivity contribution in [1.29, 1.82) is 0 Å². The summed E-state index contributed by atoms with van der Waals surface area (Å²) >= 11 is 6.08. The minimum atomic E-state index is -0.382. The Balaban J connectivity index is 2.08. The summed E-state index contributed by atoms with van der Waals surface area (Å²) in [4.78, 5) is 25.4. The third-order valence-electron chi connectivity index (χ3n) is 3.65. The van der Waals surface area contributed by atoms with Crippen LogP contribution in [0.4, 0.5) is 10.1 Å². The summed E-state index contributed by atoms with van der Waals surface area (Å²) < 4.78 is 13.6. The van der Waals surface area contributed by atoms with Crippen LogP contribution in [0.15, 0.2) is 42.5 Å². The highest BCUT2D eigenvalue weighted by Crippen LogP contribution is 2.26. The molecule has 0 radical (unpaired) electrons. The molecule has 2 rings (SSSR count). The lowest BCUT2D eigenvalue weighted by molar-refractivity contribution is -0.123. The second kappa shape index (κ2) is 7.93. The Bertz CT molecular complexity index is 764. The van der Waals surface area contributed by atoms with Crippen LogP contribution >= 0.6 is 11.6 Å². The van der Waals surface area contributed by atoms with Crippen LogP contribution in [0.2, 0.25) is 5.02 Å². The summed E-state index contributed by atoms with van der Waals surface area (Å²) in [5.74, 6) is -1.04. The van der Waals surface area contributed by atoms with Crippen molar-refractivity contribution in [1.82, 2.24) is 5.32 Å². The number of carbonyl (C=O) groups is 2. The maximum Gasteiger partial charge on any atom is 0.240 e. The van der Waals surface area contributed by atoms with Gasteiger partial charge in [-0.1, -0.05) is 35.9 Å². The van der Waals surface area contributed by atoms with E-state index in [1.807, 2.05) is 0 Å². The van der Waals surface area contributed by atoms with Crippen molar-refractivity contribution in [3.05, 3.63) is 64.4 Å². The second-order valence-electron chi connectivity index (χ2n) is 5.36. The molecule has 24 heavy (non-hydrogen) atoms. The molecule has 126 valence electrons. The molecule has 0 atom stereocenters. The predicted molar refractivity (Wildman–Crippen MR) is 92.5 cm³/mol. The number of nitrogens with one attached hydrogen (secondary N) is 1. The number of amides is 2. The number of rotatable bonds is 5. The maximum atomic E-state index is 13.6. The molecule has 0 spiro atoms. The molecule has 0 unspecified atom stereocenters. The van der Waals surface area contributed by atoms with Crippen LogP contribution in [0.3, 0.4) is 0 Å². The molecule has 0 aliphatic carbocycles. The van der Waals surface area contributed by atoms with Gasteiger partial charge in [-0.25, -0.2) is 4.39 Å².